The number of benzene rings is 1. The van der Waals surface area contributed by atoms with E-state index < -0.39 is 12.2 Å². The Morgan fingerprint density at radius 2 is 1.59 bits per heavy atom. The molecule has 0 heterocycles. The molecule has 1 aromatic rings. The van der Waals surface area contributed by atoms with Crippen molar-refractivity contribution < 1.29 is 15.3 Å². The molecule has 3 nitrogen and oxygen atoms in total. The molecule has 17 heavy (non-hydrogen) atoms. The Morgan fingerprint density at radius 1 is 1.06 bits per heavy atom. The minimum Gasteiger partial charge on any atom is -0.396 e. The summed E-state index contributed by atoms with van der Waals surface area (Å²) in [6, 6.07) is 7.58. The van der Waals surface area contributed by atoms with Gasteiger partial charge in [0.2, 0.25) is 0 Å². The smallest absolute Gasteiger partial charge is 0.105 e. The van der Waals surface area contributed by atoms with E-state index in [1.54, 1.807) is 0 Å². The molecule has 0 radical (unpaired) electrons. The van der Waals surface area contributed by atoms with Crippen LogP contribution in [0.2, 0.25) is 0 Å². The van der Waals surface area contributed by atoms with E-state index in [9.17, 15) is 10.2 Å². The number of hydrogen-bond acceptors (Lipinski definition) is 3. The van der Waals surface area contributed by atoms with Gasteiger partial charge < -0.3 is 15.3 Å². The van der Waals surface area contributed by atoms with Gasteiger partial charge in [0.25, 0.3) is 0 Å². The summed E-state index contributed by atoms with van der Waals surface area (Å²) in [6.07, 6.45) is -1.67. The first kappa shape index (κ1) is 14.2. The fourth-order valence-corrected chi connectivity index (χ4v) is 1.69. The maximum absolute atomic E-state index is 9.85. The van der Waals surface area contributed by atoms with Crippen LogP contribution < -0.4 is 0 Å². The molecular weight excluding hydrogens is 216 g/mol. The van der Waals surface area contributed by atoms with E-state index in [0.717, 1.165) is 0 Å². The SMILES string of the molecule is CC(C)(C)c1ccc(C(O)C(O)CCO)cc1. The number of hydrogen-bond donors (Lipinski definition) is 3. The van der Waals surface area contributed by atoms with E-state index in [1.165, 1.54) is 5.56 Å². The summed E-state index contributed by atoms with van der Waals surface area (Å²) in [5.74, 6) is 0. The Labute approximate surface area is 103 Å². The highest BCUT2D eigenvalue weighted by atomic mass is 16.3. The van der Waals surface area contributed by atoms with Crippen LogP contribution in [0.15, 0.2) is 24.3 Å². The Morgan fingerprint density at radius 3 is 2.00 bits per heavy atom. The van der Waals surface area contributed by atoms with Crippen molar-refractivity contribution in [2.75, 3.05) is 6.61 Å². The third-order valence-electron chi connectivity index (χ3n) is 2.91. The Kier molecular flexibility index (Phi) is 4.69. The Bertz CT molecular complexity index is 337. The van der Waals surface area contributed by atoms with Crippen molar-refractivity contribution in [2.24, 2.45) is 0 Å². The topological polar surface area (TPSA) is 60.7 Å². The van der Waals surface area contributed by atoms with Gasteiger partial charge in [0.1, 0.15) is 6.10 Å². The highest BCUT2D eigenvalue weighted by Crippen LogP contribution is 2.25. The van der Waals surface area contributed by atoms with Crippen molar-refractivity contribution in [1.82, 2.24) is 0 Å². The van der Waals surface area contributed by atoms with Crippen molar-refractivity contribution >= 4 is 0 Å². The zero-order valence-electron chi connectivity index (χ0n) is 10.7. The summed E-state index contributed by atoms with van der Waals surface area (Å²) in [4.78, 5) is 0. The van der Waals surface area contributed by atoms with Crippen molar-refractivity contribution in [3.8, 4) is 0 Å². The van der Waals surface area contributed by atoms with Crippen molar-refractivity contribution in [2.45, 2.75) is 44.8 Å². The van der Waals surface area contributed by atoms with Gasteiger partial charge in [0, 0.05) is 6.61 Å². The lowest BCUT2D eigenvalue weighted by atomic mass is 9.86. The van der Waals surface area contributed by atoms with Gasteiger partial charge in [0.05, 0.1) is 6.10 Å². The molecule has 0 saturated carbocycles. The molecular formula is C14H22O3. The van der Waals surface area contributed by atoms with Gasteiger partial charge in [-0.05, 0) is 23.0 Å². The monoisotopic (exact) mass is 238 g/mol. The van der Waals surface area contributed by atoms with Gasteiger partial charge in [0.15, 0.2) is 0 Å². The molecule has 0 saturated heterocycles. The molecule has 0 aliphatic heterocycles. The van der Waals surface area contributed by atoms with Gasteiger partial charge in [-0.25, -0.2) is 0 Å². The third-order valence-corrected chi connectivity index (χ3v) is 2.91. The molecule has 0 fully saturated rings. The summed E-state index contributed by atoms with van der Waals surface area (Å²) in [6.45, 7) is 6.25. The molecule has 0 aromatic heterocycles. The molecule has 0 spiro atoms. The molecule has 0 amide bonds. The lowest BCUT2D eigenvalue weighted by molar-refractivity contribution is 0.00420. The molecule has 0 aliphatic rings. The second-order valence-electron chi connectivity index (χ2n) is 5.40. The first-order chi connectivity index (χ1) is 7.86. The number of rotatable bonds is 4. The van der Waals surface area contributed by atoms with Crippen LogP contribution in [-0.2, 0) is 5.41 Å². The summed E-state index contributed by atoms with van der Waals surface area (Å²) in [7, 11) is 0. The number of aliphatic hydroxyl groups is 3. The molecule has 3 heteroatoms. The van der Waals surface area contributed by atoms with Crippen LogP contribution in [0.3, 0.4) is 0 Å². The zero-order valence-corrected chi connectivity index (χ0v) is 10.7. The molecule has 2 atom stereocenters. The van der Waals surface area contributed by atoms with Gasteiger partial charge >= 0.3 is 0 Å². The van der Waals surface area contributed by atoms with Gasteiger partial charge in [-0.2, -0.15) is 0 Å². The van der Waals surface area contributed by atoms with Gasteiger partial charge in [-0.15, -0.1) is 0 Å². The zero-order chi connectivity index (χ0) is 13.1. The van der Waals surface area contributed by atoms with Crippen LogP contribution in [0, 0.1) is 0 Å². The summed E-state index contributed by atoms with van der Waals surface area (Å²) < 4.78 is 0. The Hall–Kier alpha value is -0.900. The summed E-state index contributed by atoms with van der Waals surface area (Å²) in [5, 5.41) is 28.2. The summed E-state index contributed by atoms with van der Waals surface area (Å²) in [5.41, 5.74) is 1.94. The second kappa shape index (κ2) is 5.63. The van der Waals surface area contributed by atoms with Crippen LogP contribution in [0.25, 0.3) is 0 Å². The molecule has 2 unspecified atom stereocenters. The number of aliphatic hydroxyl groups excluding tert-OH is 3. The fraction of sp³-hybridized carbons (Fsp3) is 0.571. The van der Waals surface area contributed by atoms with E-state index in [-0.39, 0.29) is 18.4 Å². The molecule has 0 aliphatic carbocycles. The van der Waals surface area contributed by atoms with E-state index in [4.69, 9.17) is 5.11 Å². The van der Waals surface area contributed by atoms with E-state index >= 15 is 0 Å². The standard InChI is InChI=1S/C14H22O3/c1-14(2,3)11-6-4-10(5-7-11)13(17)12(16)8-9-15/h4-7,12-13,15-17H,8-9H2,1-3H3. The molecule has 1 rings (SSSR count). The molecule has 0 bridgehead atoms. The van der Waals surface area contributed by atoms with Crippen LogP contribution in [0.5, 0.6) is 0 Å². The van der Waals surface area contributed by atoms with E-state index in [1.807, 2.05) is 24.3 Å². The maximum atomic E-state index is 9.85. The Balaban J connectivity index is 2.80. The van der Waals surface area contributed by atoms with Crippen LogP contribution >= 0.6 is 0 Å². The van der Waals surface area contributed by atoms with Gasteiger partial charge in [-0.1, -0.05) is 45.0 Å². The van der Waals surface area contributed by atoms with Gasteiger partial charge in [-0.3, -0.25) is 0 Å². The van der Waals surface area contributed by atoms with E-state index in [2.05, 4.69) is 20.8 Å². The molecule has 1 aromatic carbocycles. The average Bonchev–Trinajstić information content (AvgIpc) is 2.27. The predicted octanol–water partition coefficient (Wildman–Crippen LogP) is 1.76. The lowest BCUT2D eigenvalue weighted by Crippen LogP contribution is -2.19. The van der Waals surface area contributed by atoms with Crippen LogP contribution in [-0.4, -0.2) is 28.0 Å². The predicted molar refractivity (Wildman–Crippen MR) is 67.8 cm³/mol. The first-order valence-electron chi connectivity index (χ1n) is 5.93. The van der Waals surface area contributed by atoms with E-state index in [0.29, 0.717) is 5.56 Å². The third kappa shape index (κ3) is 3.80. The highest BCUT2D eigenvalue weighted by molar-refractivity contribution is 5.29. The molecule has 96 valence electrons. The van der Waals surface area contributed by atoms with Crippen molar-refractivity contribution in [1.29, 1.82) is 0 Å². The minimum atomic E-state index is -0.934. The average molecular weight is 238 g/mol. The first-order valence-corrected chi connectivity index (χ1v) is 5.93. The minimum absolute atomic E-state index is 0.0766. The summed E-state index contributed by atoms with van der Waals surface area (Å²) >= 11 is 0. The normalized spacial score (nSPS) is 15.6. The molecule has 3 N–H and O–H groups in total. The van der Waals surface area contributed by atoms with Crippen molar-refractivity contribution in [3.63, 3.8) is 0 Å². The highest BCUT2D eigenvalue weighted by Gasteiger charge is 2.19. The lowest BCUT2D eigenvalue weighted by Gasteiger charge is -2.21. The quantitative estimate of drug-likeness (QED) is 0.749. The maximum Gasteiger partial charge on any atom is 0.105 e. The fourth-order valence-electron chi connectivity index (χ4n) is 1.69. The van der Waals surface area contributed by atoms with Crippen LogP contribution in [0.4, 0.5) is 0 Å². The largest absolute Gasteiger partial charge is 0.396 e. The second-order valence-corrected chi connectivity index (χ2v) is 5.40. The van der Waals surface area contributed by atoms with Crippen LogP contribution in [0.1, 0.15) is 44.4 Å². The van der Waals surface area contributed by atoms with Crippen molar-refractivity contribution in [3.05, 3.63) is 35.4 Å².